The van der Waals surface area contributed by atoms with E-state index < -0.39 is 0 Å². The van der Waals surface area contributed by atoms with E-state index in [9.17, 15) is 9.18 Å². The molecular formula is C17H16FN3O. The maximum absolute atomic E-state index is 13.1. The van der Waals surface area contributed by atoms with E-state index in [1.165, 1.54) is 12.1 Å². The maximum Gasteiger partial charge on any atom is 0.251 e. The molecule has 2 aliphatic heterocycles. The molecule has 5 heteroatoms. The van der Waals surface area contributed by atoms with Crippen molar-refractivity contribution in [2.45, 2.75) is 6.04 Å². The van der Waals surface area contributed by atoms with Crippen LogP contribution in [0, 0.1) is 5.82 Å². The van der Waals surface area contributed by atoms with Crippen molar-refractivity contribution in [3.05, 3.63) is 54.3 Å². The SMILES string of the molecule is CN1C(=O)[C@@H]2CN(c3ccc(F)cc3)CN2c2ccccc21. The normalized spacial score (nSPS) is 20.2. The largest absolute Gasteiger partial charge is 0.351 e. The standard InChI is InChI=1S/C17H16FN3O/c1-19-14-4-2-3-5-15(14)21-11-20(10-16(21)17(19)22)13-8-6-12(18)7-9-13/h2-9,16H,10-11H2,1H3/t16-/m0/s1. The van der Waals surface area contributed by atoms with E-state index >= 15 is 0 Å². The number of carbonyl (C=O) groups excluding carboxylic acids is 1. The lowest BCUT2D eigenvalue weighted by Gasteiger charge is -2.36. The van der Waals surface area contributed by atoms with Crippen LogP contribution < -0.4 is 14.7 Å². The number of hydrogen-bond donors (Lipinski definition) is 0. The smallest absolute Gasteiger partial charge is 0.251 e. The Bertz CT molecular complexity index is 731. The van der Waals surface area contributed by atoms with Gasteiger partial charge < -0.3 is 14.7 Å². The number of para-hydroxylation sites is 2. The Balaban J connectivity index is 1.71. The molecule has 22 heavy (non-hydrogen) atoms. The third kappa shape index (κ3) is 1.85. The summed E-state index contributed by atoms with van der Waals surface area (Å²) < 4.78 is 13.1. The molecule has 0 aliphatic carbocycles. The van der Waals surface area contributed by atoms with Crippen molar-refractivity contribution in [1.29, 1.82) is 0 Å². The summed E-state index contributed by atoms with van der Waals surface area (Å²) in [7, 11) is 1.82. The predicted octanol–water partition coefficient (Wildman–Crippen LogP) is 2.45. The summed E-state index contributed by atoms with van der Waals surface area (Å²) in [6, 6.07) is 14.2. The third-order valence-corrected chi connectivity index (χ3v) is 4.45. The summed E-state index contributed by atoms with van der Waals surface area (Å²) in [4.78, 5) is 18.6. The molecule has 0 unspecified atom stereocenters. The fourth-order valence-corrected chi connectivity index (χ4v) is 3.27. The molecule has 0 bridgehead atoms. The Morgan fingerprint density at radius 3 is 2.45 bits per heavy atom. The minimum Gasteiger partial charge on any atom is -0.351 e. The first kappa shape index (κ1) is 13.1. The van der Waals surface area contributed by atoms with Crippen LogP contribution in [-0.2, 0) is 4.79 Å². The van der Waals surface area contributed by atoms with Gasteiger partial charge in [-0.15, -0.1) is 0 Å². The van der Waals surface area contributed by atoms with Crippen LogP contribution in [-0.4, -0.2) is 32.2 Å². The lowest BCUT2D eigenvalue weighted by Crippen LogP contribution is -2.50. The fourth-order valence-electron chi connectivity index (χ4n) is 3.27. The minimum absolute atomic E-state index is 0.100. The quantitative estimate of drug-likeness (QED) is 0.809. The van der Waals surface area contributed by atoms with Crippen molar-refractivity contribution in [2.75, 3.05) is 35.0 Å². The summed E-state index contributed by atoms with van der Waals surface area (Å²) in [5.41, 5.74) is 2.94. The van der Waals surface area contributed by atoms with Gasteiger partial charge in [0.05, 0.1) is 18.0 Å². The molecule has 1 saturated heterocycles. The average molecular weight is 297 g/mol. The van der Waals surface area contributed by atoms with Crippen LogP contribution >= 0.6 is 0 Å². The molecule has 2 heterocycles. The number of likely N-dealkylation sites (N-methyl/N-ethyl adjacent to an activating group) is 1. The van der Waals surface area contributed by atoms with Crippen molar-refractivity contribution in [3.8, 4) is 0 Å². The Hall–Kier alpha value is -2.56. The van der Waals surface area contributed by atoms with Crippen molar-refractivity contribution < 1.29 is 9.18 Å². The minimum atomic E-state index is -0.248. The van der Waals surface area contributed by atoms with Crippen LogP contribution in [0.25, 0.3) is 0 Å². The molecule has 112 valence electrons. The van der Waals surface area contributed by atoms with Gasteiger partial charge in [0, 0.05) is 19.3 Å². The first-order valence-corrected chi connectivity index (χ1v) is 7.29. The molecule has 0 aromatic heterocycles. The fraction of sp³-hybridized carbons (Fsp3) is 0.235. The first-order chi connectivity index (χ1) is 10.6. The molecule has 0 radical (unpaired) electrons. The topological polar surface area (TPSA) is 26.8 Å². The molecule has 0 saturated carbocycles. The van der Waals surface area contributed by atoms with Gasteiger partial charge in [0.1, 0.15) is 11.9 Å². The van der Waals surface area contributed by atoms with E-state index in [1.807, 2.05) is 31.3 Å². The van der Waals surface area contributed by atoms with Crippen LogP contribution in [0.5, 0.6) is 0 Å². The second-order valence-electron chi connectivity index (χ2n) is 5.71. The predicted molar refractivity (Wildman–Crippen MR) is 84.7 cm³/mol. The number of halogens is 1. The molecule has 2 aliphatic rings. The zero-order chi connectivity index (χ0) is 15.3. The number of benzene rings is 2. The van der Waals surface area contributed by atoms with Crippen LogP contribution in [0.1, 0.15) is 0 Å². The van der Waals surface area contributed by atoms with Crippen molar-refractivity contribution in [3.63, 3.8) is 0 Å². The van der Waals surface area contributed by atoms with E-state index in [4.69, 9.17) is 0 Å². The van der Waals surface area contributed by atoms with E-state index in [1.54, 1.807) is 17.0 Å². The van der Waals surface area contributed by atoms with Crippen molar-refractivity contribution in [2.24, 2.45) is 0 Å². The van der Waals surface area contributed by atoms with Crippen molar-refractivity contribution >= 4 is 23.0 Å². The Labute approximate surface area is 128 Å². The van der Waals surface area contributed by atoms with Crippen LogP contribution in [0.2, 0.25) is 0 Å². The average Bonchev–Trinajstić information content (AvgIpc) is 2.99. The summed E-state index contributed by atoms with van der Waals surface area (Å²) in [5, 5.41) is 0. The highest BCUT2D eigenvalue weighted by Gasteiger charge is 2.42. The van der Waals surface area contributed by atoms with Gasteiger partial charge in [0.15, 0.2) is 0 Å². The maximum atomic E-state index is 13.1. The van der Waals surface area contributed by atoms with E-state index in [2.05, 4.69) is 9.80 Å². The van der Waals surface area contributed by atoms with E-state index in [0.29, 0.717) is 13.2 Å². The van der Waals surface area contributed by atoms with Crippen LogP contribution in [0.15, 0.2) is 48.5 Å². The molecule has 1 fully saturated rings. The van der Waals surface area contributed by atoms with E-state index in [-0.39, 0.29) is 17.8 Å². The van der Waals surface area contributed by atoms with E-state index in [0.717, 1.165) is 17.1 Å². The van der Waals surface area contributed by atoms with Gasteiger partial charge in [0.25, 0.3) is 5.91 Å². The highest BCUT2D eigenvalue weighted by Crippen LogP contribution is 2.38. The summed E-state index contributed by atoms with van der Waals surface area (Å²) in [6.45, 7) is 1.25. The Morgan fingerprint density at radius 1 is 1.05 bits per heavy atom. The number of nitrogens with zero attached hydrogens (tertiary/aromatic N) is 3. The number of amides is 1. The summed E-state index contributed by atoms with van der Waals surface area (Å²) >= 11 is 0. The molecule has 2 aromatic rings. The Morgan fingerprint density at radius 2 is 1.73 bits per heavy atom. The van der Waals surface area contributed by atoms with Gasteiger partial charge >= 0.3 is 0 Å². The van der Waals surface area contributed by atoms with Crippen molar-refractivity contribution in [1.82, 2.24) is 0 Å². The van der Waals surface area contributed by atoms with Gasteiger partial charge in [-0.05, 0) is 36.4 Å². The van der Waals surface area contributed by atoms with Crippen LogP contribution in [0.4, 0.5) is 21.5 Å². The summed E-state index contributed by atoms with van der Waals surface area (Å²) in [6.07, 6.45) is 0. The van der Waals surface area contributed by atoms with Gasteiger partial charge in [-0.2, -0.15) is 0 Å². The zero-order valence-corrected chi connectivity index (χ0v) is 12.2. The number of carbonyl (C=O) groups is 1. The number of hydrogen-bond acceptors (Lipinski definition) is 3. The highest BCUT2D eigenvalue weighted by molar-refractivity contribution is 6.06. The third-order valence-electron chi connectivity index (χ3n) is 4.45. The second-order valence-corrected chi connectivity index (χ2v) is 5.71. The number of anilines is 3. The number of rotatable bonds is 1. The molecule has 1 atom stereocenters. The number of fused-ring (bicyclic) bond motifs is 3. The molecular weight excluding hydrogens is 281 g/mol. The van der Waals surface area contributed by atoms with Crippen LogP contribution in [0.3, 0.4) is 0 Å². The van der Waals surface area contributed by atoms with Gasteiger partial charge in [-0.25, -0.2) is 4.39 Å². The molecule has 0 N–H and O–H groups in total. The summed E-state index contributed by atoms with van der Waals surface area (Å²) in [5.74, 6) is -0.148. The zero-order valence-electron chi connectivity index (χ0n) is 12.2. The molecule has 1 amide bonds. The monoisotopic (exact) mass is 297 g/mol. The van der Waals surface area contributed by atoms with Gasteiger partial charge in [-0.1, -0.05) is 12.1 Å². The van der Waals surface area contributed by atoms with Gasteiger partial charge in [-0.3, -0.25) is 4.79 Å². The second kappa shape index (κ2) is 4.73. The molecule has 2 aromatic carbocycles. The lowest BCUT2D eigenvalue weighted by atomic mass is 10.1. The lowest BCUT2D eigenvalue weighted by molar-refractivity contribution is -0.119. The molecule has 0 spiro atoms. The first-order valence-electron chi connectivity index (χ1n) is 7.29. The molecule has 4 nitrogen and oxygen atoms in total. The Kier molecular flexibility index (Phi) is 2.82. The molecule has 4 rings (SSSR count). The highest BCUT2D eigenvalue weighted by atomic mass is 19.1. The van der Waals surface area contributed by atoms with Gasteiger partial charge in [0.2, 0.25) is 0 Å².